The van der Waals surface area contributed by atoms with Crippen molar-refractivity contribution in [2.75, 3.05) is 26.8 Å². The molecule has 6 heteroatoms. The van der Waals surface area contributed by atoms with Gasteiger partial charge in [-0.1, -0.05) is 29.3 Å². The van der Waals surface area contributed by atoms with Gasteiger partial charge in [-0.3, -0.25) is 0 Å². The van der Waals surface area contributed by atoms with Crippen LogP contribution in [0.4, 0.5) is 0 Å². The summed E-state index contributed by atoms with van der Waals surface area (Å²) in [5.41, 5.74) is -0.271. The van der Waals surface area contributed by atoms with Gasteiger partial charge >= 0.3 is 0 Å². The molecule has 20 heavy (non-hydrogen) atoms. The van der Waals surface area contributed by atoms with E-state index in [0.717, 1.165) is 0 Å². The second kappa shape index (κ2) is 8.05. The van der Waals surface area contributed by atoms with Crippen LogP contribution in [0.5, 0.6) is 5.75 Å². The van der Waals surface area contributed by atoms with Crippen LogP contribution in [0.2, 0.25) is 10.0 Å². The zero-order valence-corrected chi connectivity index (χ0v) is 13.5. The molecular weight excluding hydrogens is 301 g/mol. The van der Waals surface area contributed by atoms with Gasteiger partial charge in [0.05, 0.1) is 15.6 Å². The first-order valence-corrected chi connectivity index (χ1v) is 7.12. The van der Waals surface area contributed by atoms with Crippen molar-refractivity contribution < 1.29 is 14.6 Å². The molecular formula is C14H21Cl2NO3. The zero-order chi connectivity index (χ0) is 15.2. The largest absolute Gasteiger partial charge is 0.488 e. The average molecular weight is 322 g/mol. The molecule has 0 saturated heterocycles. The van der Waals surface area contributed by atoms with Gasteiger partial charge in [-0.25, -0.2) is 0 Å². The maximum absolute atomic E-state index is 9.85. The van der Waals surface area contributed by atoms with Crippen LogP contribution in [-0.4, -0.2) is 43.6 Å². The van der Waals surface area contributed by atoms with E-state index >= 15 is 0 Å². The monoisotopic (exact) mass is 321 g/mol. The Bertz CT molecular complexity index is 407. The number of aliphatic hydroxyl groups excluding tert-OH is 1. The second-order valence-corrected chi connectivity index (χ2v) is 5.92. The predicted octanol–water partition coefficient (Wildman–Crippen LogP) is 2.75. The van der Waals surface area contributed by atoms with Crippen LogP contribution in [-0.2, 0) is 4.74 Å². The van der Waals surface area contributed by atoms with E-state index in [1.807, 2.05) is 13.8 Å². The minimum atomic E-state index is -0.657. The van der Waals surface area contributed by atoms with E-state index in [0.29, 0.717) is 28.9 Å². The molecule has 0 amide bonds. The third kappa shape index (κ3) is 5.85. The van der Waals surface area contributed by atoms with Crippen molar-refractivity contribution in [3.8, 4) is 5.75 Å². The maximum atomic E-state index is 9.85. The van der Waals surface area contributed by atoms with Crippen molar-refractivity contribution in [1.29, 1.82) is 0 Å². The highest BCUT2D eigenvalue weighted by Gasteiger charge is 2.16. The molecule has 0 bridgehead atoms. The van der Waals surface area contributed by atoms with Crippen LogP contribution in [0.3, 0.4) is 0 Å². The maximum Gasteiger partial charge on any atom is 0.156 e. The number of halogens is 2. The van der Waals surface area contributed by atoms with Gasteiger partial charge in [-0.15, -0.1) is 0 Å². The summed E-state index contributed by atoms with van der Waals surface area (Å²) in [6.45, 7) is 5.07. The average Bonchev–Trinajstić information content (AvgIpc) is 2.38. The van der Waals surface area contributed by atoms with Gasteiger partial charge in [0, 0.05) is 20.2 Å². The molecule has 0 aromatic heterocycles. The van der Waals surface area contributed by atoms with Crippen molar-refractivity contribution in [2.45, 2.75) is 25.6 Å². The Morgan fingerprint density at radius 1 is 1.30 bits per heavy atom. The number of hydrogen-bond acceptors (Lipinski definition) is 4. The van der Waals surface area contributed by atoms with Gasteiger partial charge in [0.25, 0.3) is 0 Å². The zero-order valence-electron chi connectivity index (χ0n) is 12.0. The molecule has 0 aliphatic carbocycles. The van der Waals surface area contributed by atoms with Crippen molar-refractivity contribution in [3.63, 3.8) is 0 Å². The third-order valence-electron chi connectivity index (χ3n) is 2.82. The standard InChI is InChI=1S/C14H21Cl2NO3/c1-14(2,19-3)9-17-7-10(18)8-20-13-11(15)5-4-6-12(13)16/h4-6,10,17-18H,7-9H2,1-3H3. The van der Waals surface area contributed by atoms with Crippen molar-refractivity contribution in [2.24, 2.45) is 0 Å². The number of para-hydroxylation sites is 1. The van der Waals surface area contributed by atoms with E-state index in [2.05, 4.69) is 5.32 Å². The molecule has 4 nitrogen and oxygen atoms in total. The normalized spacial score (nSPS) is 13.3. The highest BCUT2D eigenvalue weighted by atomic mass is 35.5. The minimum absolute atomic E-state index is 0.115. The molecule has 1 atom stereocenters. The number of aliphatic hydroxyl groups is 1. The lowest BCUT2D eigenvalue weighted by Gasteiger charge is -2.24. The number of benzene rings is 1. The lowest BCUT2D eigenvalue weighted by Crippen LogP contribution is -2.41. The summed E-state index contributed by atoms with van der Waals surface area (Å²) in [4.78, 5) is 0. The van der Waals surface area contributed by atoms with Gasteiger partial charge in [0.15, 0.2) is 5.75 Å². The molecule has 114 valence electrons. The topological polar surface area (TPSA) is 50.7 Å². The van der Waals surface area contributed by atoms with E-state index in [1.54, 1.807) is 25.3 Å². The number of rotatable bonds is 8. The molecule has 0 radical (unpaired) electrons. The van der Waals surface area contributed by atoms with Crippen LogP contribution in [0.1, 0.15) is 13.8 Å². The van der Waals surface area contributed by atoms with Crippen LogP contribution >= 0.6 is 23.2 Å². The summed E-state index contributed by atoms with van der Waals surface area (Å²) in [6.07, 6.45) is -0.657. The Kier molecular flexibility index (Phi) is 7.06. The van der Waals surface area contributed by atoms with E-state index in [-0.39, 0.29) is 12.2 Å². The Morgan fingerprint density at radius 2 is 1.90 bits per heavy atom. The van der Waals surface area contributed by atoms with Gasteiger partial charge in [0.2, 0.25) is 0 Å². The fraction of sp³-hybridized carbons (Fsp3) is 0.571. The summed E-state index contributed by atoms with van der Waals surface area (Å²) in [7, 11) is 1.65. The molecule has 0 saturated carbocycles. The molecule has 1 aromatic carbocycles. The fourth-order valence-corrected chi connectivity index (χ4v) is 1.98. The number of nitrogens with one attached hydrogen (secondary N) is 1. The number of methoxy groups -OCH3 is 1. The molecule has 1 unspecified atom stereocenters. The van der Waals surface area contributed by atoms with Crippen molar-refractivity contribution >= 4 is 23.2 Å². The highest BCUT2D eigenvalue weighted by molar-refractivity contribution is 6.37. The quantitative estimate of drug-likeness (QED) is 0.773. The highest BCUT2D eigenvalue weighted by Crippen LogP contribution is 2.32. The van der Waals surface area contributed by atoms with E-state index in [4.69, 9.17) is 32.7 Å². The Balaban J connectivity index is 2.35. The Morgan fingerprint density at radius 3 is 2.45 bits per heavy atom. The molecule has 2 N–H and O–H groups in total. The summed E-state index contributed by atoms with van der Waals surface area (Å²) >= 11 is 11.9. The lowest BCUT2D eigenvalue weighted by atomic mass is 10.1. The first-order chi connectivity index (χ1) is 9.35. The van der Waals surface area contributed by atoms with Crippen LogP contribution in [0.25, 0.3) is 0 Å². The molecule has 1 rings (SSSR count). The van der Waals surface area contributed by atoms with Crippen LogP contribution in [0.15, 0.2) is 18.2 Å². The molecule has 0 aliphatic heterocycles. The first kappa shape index (κ1) is 17.5. The van der Waals surface area contributed by atoms with Crippen molar-refractivity contribution in [1.82, 2.24) is 5.32 Å². The molecule has 1 aromatic rings. The van der Waals surface area contributed by atoms with Crippen molar-refractivity contribution in [3.05, 3.63) is 28.2 Å². The first-order valence-electron chi connectivity index (χ1n) is 6.36. The summed E-state index contributed by atoms with van der Waals surface area (Å²) in [6, 6.07) is 5.12. The number of ether oxygens (including phenoxy) is 2. The molecule has 0 fully saturated rings. The summed E-state index contributed by atoms with van der Waals surface area (Å²) in [5.74, 6) is 0.395. The number of hydrogen-bond donors (Lipinski definition) is 2. The fourth-order valence-electron chi connectivity index (χ4n) is 1.47. The van der Waals surface area contributed by atoms with E-state index < -0.39 is 6.10 Å². The van der Waals surface area contributed by atoms with E-state index in [1.165, 1.54) is 0 Å². The lowest BCUT2D eigenvalue weighted by molar-refractivity contribution is 0.0191. The van der Waals surface area contributed by atoms with Gasteiger partial charge in [0.1, 0.15) is 12.7 Å². The molecule has 0 spiro atoms. The summed E-state index contributed by atoms with van der Waals surface area (Å²) in [5, 5.41) is 13.8. The molecule has 0 aliphatic rings. The Labute approximate surface area is 130 Å². The minimum Gasteiger partial charge on any atom is -0.488 e. The smallest absolute Gasteiger partial charge is 0.156 e. The Hall–Kier alpha value is -0.520. The van der Waals surface area contributed by atoms with Gasteiger partial charge < -0.3 is 19.9 Å². The summed E-state index contributed by atoms with van der Waals surface area (Å²) < 4.78 is 10.7. The van der Waals surface area contributed by atoms with Gasteiger partial charge in [-0.05, 0) is 26.0 Å². The molecule has 0 heterocycles. The predicted molar refractivity (Wildman–Crippen MR) is 81.9 cm³/mol. The third-order valence-corrected chi connectivity index (χ3v) is 3.42. The van der Waals surface area contributed by atoms with Crippen LogP contribution in [0, 0.1) is 0 Å². The second-order valence-electron chi connectivity index (χ2n) is 5.11. The van der Waals surface area contributed by atoms with E-state index in [9.17, 15) is 5.11 Å². The SMILES string of the molecule is COC(C)(C)CNCC(O)COc1c(Cl)cccc1Cl. The van der Waals surface area contributed by atoms with Gasteiger partial charge in [-0.2, -0.15) is 0 Å². The van der Waals surface area contributed by atoms with Crippen LogP contribution < -0.4 is 10.1 Å².